The molecule has 0 saturated heterocycles. The van der Waals surface area contributed by atoms with Crippen LogP contribution in [0.3, 0.4) is 0 Å². The van der Waals surface area contributed by atoms with Gasteiger partial charge in [-0.1, -0.05) is 17.7 Å². The van der Waals surface area contributed by atoms with Gasteiger partial charge in [-0.15, -0.1) is 11.3 Å². The molecule has 2 rings (SSSR count). The first-order chi connectivity index (χ1) is 10.3. The average Bonchev–Trinajstić information content (AvgIpc) is 2.80. The van der Waals surface area contributed by atoms with Crippen LogP contribution in [0.2, 0.25) is 5.02 Å². The Kier molecular flexibility index (Phi) is 5.19. The molecule has 0 aliphatic rings. The van der Waals surface area contributed by atoms with E-state index >= 15 is 0 Å². The number of aryl methyl sites for hydroxylation is 2. The SMILES string of the molecule is Cc1nc([C@@H](C)N(C)C(=O)Cc2c(F)cccc2Cl)c(C)s1. The van der Waals surface area contributed by atoms with Crippen LogP contribution in [-0.2, 0) is 11.2 Å². The van der Waals surface area contributed by atoms with Crippen molar-refractivity contribution in [1.29, 1.82) is 0 Å². The first-order valence-electron chi connectivity index (χ1n) is 6.93. The van der Waals surface area contributed by atoms with E-state index in [-0.39, 0.29) is 29.0 Å². The molecule has 0 N–H and O–H groups in total. The van der Waals surface area contributed by atoms with Crippen LogP contribution in [0.15, 0.2) is 18.2 Å². The molecule has 0 radical (unpaired) electrons. The van der Waals surface area contributed by atoms with Gasteiger partial charge in [0, 0.05) is 22.5 Å². The maximum absolute atomic E-state index is 13.8. The summed E-state index contributed by atoms with van der Waals surface area (Å²) < 4.78 is 13.8. The predicted molar refractivity (Wildman–Crippen MR) is 87.9 cm³/mol. The third kappa shape index (κ3) is 3.47. The zero-order valence-electron chi connectivity index (χ0n) is 13.0. The molecule has 3 nitrogen and oxygen atoms in total. The van der Waals surface area contributed by atoms with Crippen LogP contribution in [0.5, 0.6) is 0 Å². The summed E-state index contributed by atoms with van der Waals surface area (Å²) in [5.41, 5.74) is 1.12. The molecule has 2 aromatic rings. The summed E-state index contributed by atoms with van der Waals surface area (Å²) in [6.45, 7) is 5.85. The van der Waals surface area contributed by atoms with E-state index < -0.39 is 5.82 Å². The molecule has 1 amide bonds. The number of nitrogens with zero attached hydrogens (tertiary/aromatic N) is 2. The van der Waals surface area contributed by atoms with Crippen LogP contribution in [0, 0.1) is 19.7 Å². The maximum atomic E-state index is 13.8. The number of halogens is 2. The van der Waals surface area contributed by atoms with Gasteiger partial charge in [-0.05, 0) is 32.9 Å². The highest BCUT2D eigenvalue weighted by Crippen LogP contribution is 2.27. The second-order valence-corrected chi connectivity index (χ2v) is 7.05. The highest BCUT2D eigenvalue weighted by molar-refractivity contribution is 7.11. The molecule has 0 unspecified atom stereocenters. The average molecular weight is 341 g/mol. The molecule has 118 valence electrons. The van der Waals surface area contributed by atoms with Crippen molar-refractivity contribution in [2.24, 2.45) is 0 Å². The fourth-order valence-corrected chi connectivity index (χ4v) is 3.45. The largest absolute Gasteiger partial charge is 0.337 e. The lowest BCUT2D eigenvalue weighted by Gasteiger charge is -2.24. The number of amides is 1. The summed E-state index contributed by atoms with van der Waals surface area (Å²) in [5, 5.41) is 1.24. The van der Waals surface area contributed by atoms with Gasteiger partial charge in [0.15, 0.2) is 0 Å². The molecule has 0 saturated carbocycles. The van der Waals surface area contributed by atoms with E-state index in [0.717, 1.165) is 15.6 Å². The van der Waals surface area contributed by atoms with Crippen LogP contribution in [0.4, 0.5) is 4.39 Å². The molecule has 1 aromatic carbocycles. The quantitative estimate of drug-likeness (QED) is 0.830. The minimum atomic E-state index is -0.456. The van der Waals surface area contributed by atoms with Crippen LogP contribution >= 0.6 is 22.9 Å². The summed E-state index contributed by atoms with van der Waals surface area (Å²) in [6.07, 6.45) is -0.0610. The van der Waals surface area contributed by atoms with E-state index in [1.807, 2.05) is 20.8 Å². The van der Waals surface area contributed by atoms with Gasteiger partial charge < -0.3 is 4.90 Å². The second kappa shape index (κ2) is 6.75. The highest BCUT2D eigenvalue weighted by atomic mass is 35.5. The van der Waals surface area contributed by atoms with Gasteiger partial charge in [-0.25, -0.2) is 9.37 Å². The molecule has 1 aromatic heterocycles. The van der Waals surface area contributed by atoms with E-state index in [4.69, 9.17) is 11.6 Å². The number of benzene rings is 1. The smallest absolute Gasteiger partial charge is 0.227 e. The van der Waals surface area contributed by atoms with Crippen molar-refractivity contribution in [1.82, 2.24) is 9.88 Å². The summed E-state index contributed by atoms with van der Waals surface area (Å²) in [4.78, 5) is 19.6. The number of carbonyl (C=O) groups is 1. The molecule has 0 bridgehead atoms. The first-order valence-corrected chi connectivity index (χ1v) is 8.13. The lowest BCUT2D eigenvalue weighted by atomic mass is 10.1. The van der Waals surface area contributed by atoms with Crippen molar-refractivity contribution in [3.05, 3.63) is 50.2 Å². The summed E-state index contributed by atoms with van der Waals surface area (Å²) in [6, 6.07) is 4.26. The van der Waals surface area contributed by atoms with Crippen molar-refractivity contribution in [3.8, 4) is 0 Å². The normalized spacial score (nSPS) is 12.3. The van der Waals surface area contributed by atoms with E-state index in [2.05, 4.69) is 4.98 Å². The topological polar surface area (TPSA) is 33.2 Å². The number of rotatable bonds is 4. The van der Waals surface area contributed by atoms with Crippen molar-refractivity contribution in [3.63, 3.8) is 0 Å². The van der Waals surface area contributed by atoms with Gasteiger partial charge in [0.25, 0.3) is 0 Å². The molecular weight excluding hydrogens is 323 g/mol. The van der Waals surface area contributed by atoms with Crippen LogP contribution in [0.1, 0.15) is 34.1 Å². The van der Waals surface area contributed by atoms with Gasteiger partial charge in [-0.3, -0.25) is 4.79 Å². The lowest BCUT2D eigenvalue weighted by Crippen LogP contribution is -2.31. The summed E-state index contributed by atoms with van der Waals surface area (Å²) in [7, 11) is 1.70. The molecule has 1 heterocycles. The summed E-state index contributed by atoms with van der Waals surface area (Å²) in [5.74, 6) is -0.646. The highest BCUT2D eigenvalue weighted by Gasteiger charge is 2.23. The fraction of sp³-hybridized carbons (Fsp3) is 0.375. The molecule has 22 heavy (non-hydrogen) atoms. The minimum Gasteiger partial charge on any atom is -0.337 e. The number of hydrogen-bond acceptors (Lipinski definition) is 3. The van der Waals surface area contributed by atoms with Gasteiger partial charge in [0.1, 0.15) is 5.82 Å². The fourth-order valence-electron chi connectivity index (χ4n) is 2.31. The van der Waals surface area contributed by atoms with Gasteiger partial charge in [0.2, 0.25) is 5.91 Å². The summed E-state index contributed by atoms with van der Waals surface area (Å²) >= 11 is 7.59. The molecule has 1 atom stereocenters. The Morgan fingerprint density at radius 3 is 2.68 bits per heavy atom. The number of thiazole rings is 1. The predicted octanol–water partition coefficient (Wildman–Crippen LogP) is 4.31. The Hall–Kier alpha value is -1.46. The maximum Gasteiger partial charge on any atom is 0.227 e. The zero-order chi connectivity index (χ0) is 16.4. The third-order valence-corrected chi connectivity index (χ3v) is 4.96. The Bertz CT molecular complexity index is 681. The molecular formula is C16H18ClFN2OS. The van der Waals surface area contributed by atoms with Crippen molar-refractivity contribution >= 4 is 28.8 Å². The van der Waals surface area contributed by atoms with Gasteiger partial charge in [-0.2, -0.15) is 0 Å². The van der Waals surface area contributed by atoms with Crippen LogP contribution < -0.4 is 0 Å². The van der Waals surface area contributed by atoms with E-state index in [0.29, 0.717) is 0 Å². The number of likely N-dealkylation sites (N-methyl/N-ethyl adjacent to an activating group) is 1. The number of hydrogen-bond donors (Lipinski definition) is 0. The van der Waals surface area contributed by atoms with E-state index in [9.17, 15) is 9.18 Å². The monoisotopic (exact) mass is 340 g/mol. The molecule has 0 fully saturated rings. The molecule has 6 heteroatoms. The Balaban J connectivity index is 2.17. The minimum absolute atomic E-state index is 0.0610. The molecule has 0 aliphatic heterocycles. The number of carbonyl (C=O) groups excluding carboxylic acids is 1. The molecule has 0 aliphatic carbocycles. The Morgan fingerprint density at radius 2 is 2.14 bits per heavy atom. The van der Waals surface area contributed by atoms with Crippen LogP contribution in [0.25, 0.3) is 0 Å². The van der Waals surface area contributed by atoms with Gasteiger partial charge >= 0.3 is 0 Å². The van der Waals surface area contributed by atoms with Crippen molar-refractivity contribution in [2.75, 3.05) is 7.05 Å². The van der Waals surface area contributed by atoms with Crippen LogP contribution in [-0.4, -0.2) is 22.8 Å². The standard InChI is InChI=1S/C16H18ClFN2OS/c1-9(16-10(2)22-11(3)19-16)20(4)15(21)8-12-13(17)6-5-7-14(12)18/h5-7,9H,8H2,1-4H3/t9-/m1/s1. The Morgan fingerprint density at radius 1 is 1.45 bits per heavy atom. The van der Waals surface area contributed by atoms with Crippen molar-refractivity contribution < 1.29 is 9.18 Å². The van der Waals surface area contributed by atoms with Gasteiger partial charge in [0.05, 0.1) is 23.2 Å². The van der Waals surface area contributed by atoms with Crippen molar-refractivity contribution in [2.45, 2.75) is 33.2 Å². The Labute approximate surface area is 138 Å². The van der Waals surface area contributed by atoms with E-state index in [1.165, 1.54) is 12.1 Å². The molecule has 0 spiro atoms. The zero-order valence-corrected chi connectivity index (χ0v) is 14.6. The lowest BCUT2D eigenvalue weighted by molar-refractivity contribution is -0.131. The van der Waals surface area contributed by atoms with E-state index in [1.54, 1.807) is 29.4 Å². The number of aromatic nitrogens is 1. The second-order valence-electron chi connectivity index (χ2n) is 5.23. The third-order valence-electron chi connectivity index (χ3n) is 3.70. The first kappa shape index (κ1) is 16.9.